The molecule has 0 spiro atoms. The van der Waals surface area contributed by atoms with Gasteiger partial charge < -0.3 is 0 Å². The number of benzene rings is 2. The summed E-state index contributed by atoms with van der Waals surface area (Å²) in [5.74, 6) is 0. The summed E-state index contributed by atoms with van der Waals surface area (Å²) in [6, 6.07) is 15.1. The van der Waals surface area contributed by atoms with Crippen molar-refractivity contribution in [3.05, 3.63) is 75.2 Å². The Hall–Kier alpha value is -2.79. The van der Waals surface area contributed by atoms with E-state index in [4.69, 9.17) is 11.6 Å². The summed E-state index contributed by atoms with van der Waals surface area (Å²) in [6.45, 7) is 2.24. The van der Waals surface area contributed by atoms with Crippen molar-refractivity contribution in [3.8, 4) is 0 Å². The standard InChI is InChI=1S/C18H13ClN4O/c1-11-6-7-12-9-13(17(19)20-16(12)8-11)10-23-18(24)14-4-2-3-5-15(14)21-22-23/h2-9H,10H2,1H3. The third kappa shape index (κ3) is 2.53. The molecule has 5 nitrogen and oxygen atoms in total. The van der Waals surface area contributed by atoms with E-state index in [9.17, 15) is 4.79 Å². The highest BCUT2D eigenvalue weighted by atomic mass is 35.5. The van der Waals surface area contributed by atoms with Gasteiger partial charge in [-0.2, -0.15) is 0 Å². The van der Waals surface area contributed by atoms with Gasteiger partial charge in [0, 0.05) is 10.9 Å². The van der Waals surface area contributed by atoms with Crippen LogP contribution in [0.4, 0.5) is 0 Å². The summed E-state index contributed by atoms with van der Waals surface area (Å²) >= 11 is 6.30. The van der Waals surface area contributed by atoms with Crippen molar-refractivity contribution in [2.24, 2.45) is 0 Å². The van der Waals surface area contributed by atoms with E-state index in [0.717, 1.165) is 22.0 Å². The molecule has 0 saturated heterocycles. The fourth-order valence-electron chi connectivity index (χ4n) is 2.70. The molecule has 0 aliphatic rings. The largest absolute Gasteiger partial charge is 0.277 e. The number of halogens is 1. The monoisotopic (exact) mass is 336 g/mol. The molecular weight excluding hydrogens is 324 g/mol. The topological polar surface area (TPSA) is 60.7 Å². The van der Waals surface area contributed by atoms with E-state index in [2.05, 4.69) is 15.3 Å². The molecule has 0 N–H and O–H groups in total. The second kappa shape index (κ2) is 5.69. The van der Waals surface area contributed by atoms with Gasteiger partial charge in [0.2, 0.25) is 0 Å². The van der Waals surface area contributed by atoms with E-state index >= 15 is 0 Å². The predicted octanol–water partition coefficient (Wildman–Crippen LogP) is 3.35. The van der Waals surface area contributed by atoms with Gasteiger partial charge in [0.15, 0.2) is 0 Å². The summed E-state index contributed by atoms with van der Waals surface area (Å²) in [6.07, 6.45) is 0. The molecule has 4 aromatic rings. The number of aromatic nitrogens is 4. The first-order chi connectivity index (χ1) is 11.6. The molecule has 0 atom stereocenters. The Morgan fingerprint density at radius 1 is 1.08 bits per heavy atom. The fraction of sp³-hybridized carbons (Fsp3) is 0.111. The first-order valence-corrected chi connectivity index (χ1v) is 7.88. The van der Waals surface area contributed by atoms with E-state index in [0.29, 0.717) is 16.1 Å². The molecular formula is C18H13ClN4O. The summed E-state index contributed by atoms with van der Waals surface area (Å²) in [5, 5.41) is 9.98. The lowest BCUT2D eigenvalue weighted by molar-refractivity contribution is 0.600. The van der Waals surface area contributed by atoms with Crippen molar-refractivity contribution >= 4 is 33.4 Å². The number of nitrogens with zero attached hydrogens (tertiary/aromatic N) is 4. The number of hydrogen-bond acceptors (Lipinski definition) is 4. The normalized spacial score (nSPS) is 11.2. The van der Waals surface area contributed by atoms with Crippen LogP contribution in [0, 0.1) is 6.92 Å². The van der Waals surface area contributed by atoms with Gasteiger partial charge in [-0.25, -0.2) is 9.67 Å². The van der Waals surface area contributed by atoms with Crippen LogP contribution in [0.1, 0.15) is 11.1 Å². The predicted molar refractivity (Wildman–Crippen MR) is 94.4 cm³/mol. The van der Waals surface area contributed by atoms with Crippen molar-refractivity contribution in [2.75, 3.05) is 0 Å². The minimum absolute atomic E-state index is 0.194. The number of rotatable bonds is 2. The molecule has 2 heterocycles. The van der Waals surface area contributed by atoms with Gasteiger partial charge in [-0.15, -0.1) is 5.10 Å². The summed E-state index contributed by atoms with van der Waals surface area (Å²) in [5.41, 5.74) is 3.08. The van der Waals surface area contributed by atoms with E-state index in [1.807, 2.05) is 43.3 Å². The molecule has 118 valence electrons. The van der Waals surface area contributed by atoms with E-state index in [-0.39, 0.29) is 12.1 Å². The zero-order chi connectivity index (χ0) is 16.7. The SMILES string of the molecule is Cc1ccc2cc(Cn3nnc4ccccc4c3=O)c(Cl)nc2c1. The van der Waals surface area contributed by atoms with Crippen molar-refractivity contribution in [3.63, 3.8) is 0 Å². The van der Waals surface area contributed by atoms with Gasteiger partial charge in [0.05, 0.1) is 17.4 Å². The quantitative estimate of drug-likeness (QED) is 0.527. The first-order valence-electron chi connectivity index (χ1n) is 7.50. The Kier molecular flexibility index (Phi) is 3.50. The molecule has 4 rings (SSSR count). The molecule has 0 aliphatic heterocycles. The second-order valence-corrected chi connectivity index (χ2v) is 6.06. The van der Waals surface area contributed by atoms with E-state index in [1.54, 1.807) is 12.1 Å². The summed E-state index contributed by atoms with van der Waals surface area (Å²) in [4.78, 5) is 17.0. The minimum Gasteiger partial charge on any atom is -0.267 e. The Morgan fingerprint density at radius 2 is 1.92 bits per heavy atom. The van der Waals surface area contributed by atoms with Crippen molar-refractivity contribution in [1.29, 1.82) is 0 Å². The number of pyridine rings is 1. The Bertz CT molecular complexity index is 1140. The van der Waals surface area contributed by atoms with Crippen LogP contribution >= 0.6 is 11.6 Å². The molecule has 24 heavy (non-hydrogen) atoms. The zero-order valence-electron chi connectivity index (χ0n) is 12.9. The lowest BCUT2D eigenvalue weighted by Crippen LogP contribution is -2.25. The Labute approximate surface area is 142 Å². The molecule has 0 unspecified atom stereocenters. The second-order valence-electron chi connectivity index (χ2n) is 5.70. The highest BCUT2D eigenvalue weighted by Gasteiger charge is 2.10. The number of fused-ring (bicyclic) bond motifs is 2. The van der Waals surface area contributed by atoms with E-state index < -0.39 is 0 Å². The maximum atomic E-state index is 12.5. The van der Waals surface area contributed by atoms with Gasteiger partial charge in [0.1, 0.15) is 10.7 Å². The van der Waals surface area contributed by atoms with Crippen LogP contribution in [-0.2, 0) is 6.54 Å². The molecule has 0 aliphatic carbocycles. The molecule has 0 amide bonds. The maximum absolute atomic E-state index is 12.5. The maximum Gasteiger partial charge on any atom is 0.277 e. The van der Waals surface area contributed by atoms with Gasteiger partial charge in [-0.1, -0.05) is 41.1 Å². The van der Waals surface area contributed by atoms with Crippen LogP contribution in [0.25, 0.3) is 21.8 Å². The highest BCUT2D eigenvalue weighted by Crippen LogP contribution is 2.22. The van der Waals surface area contributed by atoms with Gasteiger partial charge >= 0.3 is 0 Å². The smallest absolute Gasteiger partial charge is 0.267 e. The number of hydrogen-bond donors (Lipinski definition) is 0. The van der Waals surface area contributed by atoms with Gasteiger partial charge in [0.25, 0.3) is 5.56 Å². The van der Waals surface area contributed by atoms with Crippen LogP contribution < -0.4 is 5.56 Å². The van der Waals surface area contributed by atoms with Gasteiger partial charge in [-0.3, -0.25) is 4.79 Å². The van der Waals surface area contributed by atoms with E-state index in [1.165, 1.54) is 4.68 Å². The molecule has 0 bridgehead atoms. The van der Waals surface area contributed by atoms with Crippen LogP contribution in [0.15, 0.2) is 53.3 Å². The average molecular weight is 337 g/mol. The molecule has 0 radical (unpaired) electrons. The zero-order valence-corrected chi connectivity index (χ0v) is 13.7. The Balaban J connectivity index is 1.82. The lowest BCUT2D eigenvalue weighted by atomic mass is 10.1. The highest BCUT2D eigenvalue weighted by molar-refractivity contribution is 6.30. The van der Waals surface area contributed by atoms with Crippen LogP contribution in [0.3, 0.4) is 0 Å². The molecule has 6 heteroatoms. The summed E-state index contributed by atoms with van der Waals surface area (Å²) < 4.78 is 1.31. The van der Waals surface area contributed by atoms with Crippen LogP contribution in [0.2, 0.25) is 5.15 Å². The third-order valence-corrected chi connectivity index (χ3v) is 4.28. The summed E-state index contributed by atoms with van der Waals surface area (Å²) in [7, 11) is 0. The van der Waals surface area contributed by atoms with Crippen LogP contribution in [-0.4, -0.2) is 20.0 Å². The molecule has 0 saturated carbocycles. The van der Waals surface area contributed by atoms with Crippen molar-refractivity contribution in [1.82, 2.24) is 20.0 Å². The molecule has 0 fully saturated rings. The lowest BCUT2D eigenvalue weighted by Gasteiger charge is -2.08. The van der Waals surface area contributed by atoms with Crippen molar-refractivity contribution in [2.45, 2.75) is 13.5 Å². The molecule has 2 aromatic heterocycles. The first kappa shape index (κ1) is 14.8. The third-order valence-electron chi connectivity index (χ3n) is 3.95. The number of aryl methyl sites for hydroxylation is 1. The van der Waals surface area contributed by atoms with Crippen molar-refractivity contribution < 1.29 is 0 Å². The van der Waals surface area contributed by atoms with Gasteiger partial charge in [-0.05, 0) is 36.8 Å². The van der Waals surface area contributed by atoms with Crippen LogP contribution in [0.5, 0.6) is 0 Å². The molecule has 2 aromatic carbocycles. The average Bonchev–Trinajstić information content (AvgIpc) is 2.58. The Morgan fingerprint density at radius 3 is 2.79 bits per heavy atom. The minimum atomic E-state index is -0.194. The fourth-order valence-corrected chi connectivity index (χ4v) is 2.90.